The number of benzene rings is 2. The van der Waals surface area contributed by atoms with Crippen molar-refractivity contribution in [2.75, 3.05) is 19.5 Å². The number of hydrogen-bond donors (Lipinski definition) is 1. The van der Waals surface area contributed by atoms with Gasteiger partial charge in [-0.15, -0.1) is 11.7 Å². The molecule has 154 valence electrons. The van der Waals surface area contributed by atoms with Crippen molar-refractivity contribution in [2.24, 2.45) is 10.1 Å². The molecule has 2 aliphatic rings. The van der Waals surface area contributed by atoms with Crippen LogP contribution in [-0.2, 0) is 4.79 Å². The highest BCUT2D eigenvalue weighted by molar-refractivity contribution is 8.14. The first-order valence-electron chi connectivity index (χ1n) is 9.57. The molecule has 0 aromatic heterocycles. The molecule has 1 N–H and O–H groups in total. The van der Waals surface area contributed by atoms with Gasteiger partial charge in [-0.3, -0.25) is 15.1 Å². The fourth-order valence-corrected chi connectivity index (χ4v) is 3.95. The Bertz CT molecular complexity index is 1150. The Hall–Kier alpha value is -3.26. The third kappa shape index (κ3) is 3.66. The van der Waals surface area contributed by atoms with E-state index in [9.17, 15) is 4.79 Å². The van der Waals surface area contributed by atoms with Crippen LogP contribution in [0.4, 0.5) is 0 Å². The van der Waals surface area contributed by atoms with Crippen LogP contribution in [0.5, 0.6) is 11.5 Å². The van der Waals surface area contributed by atoms with E-state index in [4.69, 9.17) is 19.6 Å². The van der Waals surface area contributed by atoms with Gasteiger partial charge in [-0.05, 0) is 25.1 Å². The number of ether oxygens (including phenoxy) is 2. The third-order valence-electron chi connectivity index (χ3n) is 4.64. The number of hydrogen-bond acceptors (Lipinski definition) is 7. The molecule has 0 saturated carbocycles. The molecule has 0 aliphatic carbocycles. The van der Waals surface area contributed by atoms with Crippen LogP contribution in [0.1, 0.15) is 18.7 Å². The highest BCUT2D eigenvalue weighted by Crippen LogP contribution is 2.35. The van der Waals surface area contributed by atoms with Gasteiger partial charge in [0.2, 0.25) is 0 Å². The van der Waals surface area contributed by atoms with E-state index >= 15 is 0 Å². The van der Waals surface area contributed by atoms with Crippen LogP contribution in [0.15, 0.2) is 65.2 Å². The minimum Gasteiger partial charge on any atom is -0.493 e. The number of rotatable bonds is 6. The quantitative estimate of drug-likeness (QED) is 0.722. The Labute approximate surface area is 178 Å². The number of amidine groups is 1. The smallest absolute Gasteiger partial charge is 0.276 e. The molecular weight excluding hydrogens is 400 g/mol. The van der Waals surface area contributed by atoms with Crippen LogP contribution in [0.3, 0.4) is 0 Å². The van der Waals surface area contributed by atoms with Crippen molar-refractivity contribution in [1.29, 1.82) is 0 Å². The van der Waals surface area contributed by atoms with E-state index in [-0.39, 0.29) is 5.91 Å². The van der Waals surface area contributed by atoms with E-state index in [1.807, 2.05) is 49.4 Å². The molecule has 2 aromatic rings. The van der Waals surface area contributed by atoms with Crippen molar-refractivity contribution in [3.8, 4) is 11.5 Å². The lowest BCUT2D eigenvalue weighted by Gasteiger charge is -2.34. The summed E-state index contributed by atoms with van der Waals surface area (Å²) in [5.74, 6) is 1.70. The molecule has 0 bridgehead atoms. The number of methoxy groups -OCH3 is 1. The fourth-order valence-electron chi connectivity index (χ4n) is 3.37. The SMILES string of the molecule is C=CCSC1=NN2C(=c3ccccc3=NC2c2ccc(OCC)c(OC)c2)C(=O)N1. The fraction of sp³-hybridized carbons (Fsp3) is 0.227. The molecule has 0 radical (unpaired) electrons. The van der Waals surface area contributed by atoms with Gasteiger partial charge in [-0.1, -0.05) is 42.1 Å². The second-order valence-corrected chi connectivity index (χ2v) is 7.52. The summed E-state index contributed by atoms with van der Waals surface area (Å²) in [6, 6.07) is 13.2. The van der Waals surface area contributed by atoms with Gasteiger partial charge in [0.05, 0.1) is 19.1 Å². The molecule has 8 heteroatoms. The molecule has 2 aliphatic heterocycles. The van der Waals surface area contributed by atoms with Crippen molar-refractivity contribution in [3.63, 3.8) is 0 Å². The Morgan fingerprint density at radius 2 is 2.10 bits per heavy atom. The predicted molar refractivity (Wildman–Crippen MR) is 118 cm³/mol. The minimum atomic E-state index is -0.509. The summed E-state index contributed by atoms with van der Waals surface area (Å²) in [7, 11) is 1.60. The van der Waals surface area contributed by atoms with E-state index < -0.39 is 6.17 Å². The van der Waals surface area contributed by atoms with Crippen LogP contribution in [-0.4, -0.2) is 35.6 Å². The number of nitrogens with zero attached hydrogens (tertiary/aromatic N) is 3. The zero-order valence-corrected chi connectivity index (χ0v) is 17.6. The molecular formula is C22H22N4O3S. The van der Waals surface area contributed by atoms with Crippen LogP contribution in [0.25, 0.3) is 5.70 Å². The van der Waals surface area contributed by atoms with Gasteiger partial charge in [0.1, 0.15) is 5.70 Å². The normalized spacial score (nSPS) is 17.2. The Kier molecular flexibility index (Phi) is 5.76. The number of carbonyl (C=O) groups excluding carboxylic acids is 1. The lowest BCUT2D eigenvalue weighted by Crippen LogP contribution is -2.50. The van der Waals surface area contributed by atoms with E-state index in [2.05, 4.69) is 11.9 Å². The third-order valence-corrected chi connectivity index (χ3v) is 5.50. The summed E-state index contributed by atoms with van der Waals surface area (Å²) < 4.78 is 11.1. The highest BCUT2D eigenvalue weighted by Gasteiger charge is 2.34. The van der Waals surface area contributed by atoms with Gasteiger partial charge in [0.25, 0.3) is 5.91 Å². The molecule has 1 unspecified atom stereocenters. The van der Waals surface area contributed by atoms with Crippen LogP contribution in [0.2, 0.25) is 0 Å². The first-order chi connectivity index (χ1) is 14.7. The predicted octanol–water partition coefficient (Wildman–Crippen LogP) is 2.16. The van der Waals surface area contributed by atoms with Gasteiger partial charge >= 0.3 is 0 Å². The molecule has 4 rings (SSSR count). The number of carbonyl (C=O) groups is 1. The van der Waals surface area contributed by atoms with Crippen molar-refractivity contribution in [3.05, 3.63) is 71.3 Å². The van der Waals surface area contributed by atoms with E-state index in [0.717, 1.165) is 16.1 Å². The number of nitrogens with one attached hydrogen (secondary N) is 1. The van der Waals surface area contributed by atoms with Gasteiger partial charge in [-0.2, -0.15) is 0 Å². The standard InChI is InChI=1S/C22H22N4O3S/c1-4-12-30-22-24-21(27)19-15-8-6-7-9-16(15)23-20(26(19)25-22)14-10-11-17(29-5-2)18(13-14)28-3/h4,6-11,13,20H,1,5,12H2,2-3H3,(H,24,25,27). The van der Waals surface area contributed by atoms with Crippen LogP contribution in [0, 0.1) is 0 Å². The molecule has 1 amide bonds. The van der Waals surface area contributed by atoms with Crippen LogP contribution >= 0.6 is 11.8 Å². The largest absolute Gasteiger partial charge is 0.493 e. The summed E-state index contributed by atoms with van der Waals surface area (Å²) in [6.45, 7) is 6.19. The second kappa shape index (κ2) is 8.62. The first kappa shape index (κ1) is 20.0. The van der Waals surface area contributed by atoms with Gasteiger partial charge in [-0.25, -0.2) is 5.01 Å². The summed E-state index contributed by atoms with van der Waals surface area (Å²) in [6.07, 6.45) is 1.26. The molecule has 0 spiro atoms. The van der Waals surface area contributed by atoms with Gasteiger partial charge < -0.3 is 9.47 Å². The minimum absolute atomic E-state index is 0.207. The molecule has 30 heavy (non-hydrogen) atoms. The number of fused-ring (bicyclic) bond motifs is 2. The zero-order chi connectivity index (χ0) is 21.1. The maximum atomic E-state index is 13.0. The van der Waals surface area contributed by atoms with Gasteiger partial charge in [0, 0.05) is 16.5 Å². The maximum Gasteiger partial charge on any atom is 0.276 e. The number of amides is 1. The average molecular weight is 423 g/mol. The van der Waals surface area contributed by atoms with Gasteiger partial charge in [0.15, 0.2) is 22.8 Å². The molecule has 0 saturated heterocycles. The van der Waals surface area contributed by atoms with Crippen molar-refractivity contribution in [1.82, 2.24) is 10.3 Å². The maximum absolute atomic E-state index is 13.0. The summed E-state index contributed by atoms with van der Waals surface area (Å²) in [4.78, 5) is 17.9. The van der Waals surface area contributed by atoms with Crippen molar-refractivity contribution >= 4 is 28.5 Å². The molecule has 0 fully saturated rings. The molecule has 1 atom stereocenters. The number of hydrazone groups is 1. The Morgan fingerprint density at radius 3 is 2.87 bits per heavy atom. The first-order valence-corrected chi connectivity index (χ1v) is 10.6. The van der Waals surface area contributed by atoms with Crippen LogP contribution < -0.4 is 25.4 Å². The van der Waals surface area contributed by atoms with Crippen molar-refractivity contribution in [2.45, 2.75) is 13.1 Å². The monoisotopic (exact) mass is 422 g/mol. The van der Waals surface area contributed by atoms with E-state index in [1.165, 1.54) is 11.8 Å². The topological polar surface area (TPSA) is 75.5 Å². The number of para-hydroxylation sites is 1. The summed E-state index contributed by atoms with van der Waals surface area (Å²) in [5, 5.41) is 11.3. The number of thioether (sulfide) groups is 1. The lowest BCUT2D eigenvalue weighted by molar-refractivity contribution is -0.116. The van der Waals surface area contributed by atoms with E-state index in [0.29, 0.717) is 34.7 Å². The average Bonchev–Trinajstić information content (AvgIpc) is 2.77. The second-order valence-electron chi connectivity index (χ2n) is 6.52. The zero-order valence-electron chi connectivity index (χ0n) is 16.8. The molecule has 2 heterocycles. The Balaban J connectivity index is 1.86. The molecule has 2 aromatic carbocycles. The highest BCUT2D eigenvalue weighted by atomic mass is 32.2. The van der Waals surface area contributed by atoms with E-state index in [1.54, 1.807) is 18.2 Å². The summed E-state index contributed by atoms with van der Waals surface area (Å²) >= 11 is 1.41. The molecule has 7 nitrogen and oxygen atoms in total. The Morgan fingerprint density at radius 1 is 1.27 bits per heavy atom. The van der Waals surface area contributed by atoms with Crippen molar-refractivity contribution < 1.29 is 14.3 Å². The summed E-state index contributed by atoms with van der Waals surface area (Å²) in [5.41, 5.74) is 1.32. The lowest BCUT2D eigenvalue weighted by atomic mass is 10.1.